The fourth-order valence-corrected chi connectivity index (χ4v) is 2.05. The Balaban J connectivity index is 1.78. The third-order valence-corrected chi connectivity index (χ3v) is 3.07. The van der Waals surface area contributed by atoms with Crippen molar-refractivity contribution in [3.63, 3.8) is 0 Å². The van der Waals surface area contributed by atoms with Crippen LogP contribution >= 0.6 is 0 Å². The van der Waals surface area contributed by atoms with Gasteiger partial charge in [-0.05, 0) is 32.4 Å². The molecular weight excluding hydrogens is 280 g/mol. The van der Waals surface area contributed by atoms with Crippen LogP contribution in [0.2, 0.25) is 0 Å². The molecule has 1 aromatic carbocycles. The second kappa shape index (κ2) is 5.80. The Morgan fingerprint density at radius 3 is 2.59 bits per heavy atom. The summed E-state index contributed by atoms with van der Waals surface area (Å²) in [6, 6.07) is 7.92. The number of nitrogens with zero attached hydrogens (tertiary/aromatic N) is 4. The molecule has 0 saturated carbocycles. The lowest BCUT2D eigenvalue weighted by molar-refractivity contribution is 0.400. The predicted octanol–water partition coefficient (Wildman–Crippen LogP) is 3.27. The Labute approximate surface area is 127 Å². The van der Waals surface area contributed by atoms with E-state index < -0.39 is 0 Å². The number of benzene rings is 1. The minimum absolute atomic E-state index is 0.350. The third kappa shape index (κ3) is 3.20. The Kier molecular flexibility index (Phi) is 3.69. The van der Waals surface area contributed by atoms with E-state index in [1.54, 1.807) is 12.3 Å². The van der Waals surface area contributed by atoms with Gasteiger partial charge >= 0.3 is 0 Å². The van der Waals surface area contributed by atoms with Crippen LogP contribution in [0.5, 0.6) is 0 Å². The standard InChI is InChI=1S/C15H16N6O/c1-9-4-5-12(10(2)6-9)17-14-8-16-20-15(19-14)18-13-7-11(3)22-21-13/h4-8H,1-3H3,(H2,17,18,19,20,21). The van der Waals surface area contributed by atoms with Crippen LogP contribution in [0.3, 0.4) is 0 Å². The molecule has 7 nitrogen and oxygen atoms in total. The molecule has 22 heavy (non-hydrogen) atoms. The molecule has 0 unspecified atom stereocenters. The lowest BCUT2D eigenvalue weighted by atomic mass is 10.1. The molecule has 112 valence electrons. The zero-order chi connectivity index (χ0) is 15.5. The highest BCUT2D eigenvalue weighted by atomic mass is 16.5. The Morgan fingerprint density at radius 2 is 1.86 bits per heavy atom. The first-order valence-electron chi connectivity index (χ1n) is 6.84. The van der Waals surface area contributed by atoms with Crippen LogP contribution in [0.25, 0.3) is 0 Å². The molecule has 0 bridgehead atoms. The molecule has 0 fully saturated rings. The van der Waals surface area contributed by atoms with Gasteiger partial charge in [0.15, 0.2) is 11.6 Å². The molecule has 0 saturated heterocycles. The summed E-state index contributed by atoms with van der Waals surface area (Å²) in [5, 5.41) is 17.9. The van der Waals surface area contributed by atoms with Crippen molar-refractivity contribution in [3.05, 3.63) is 47.3 Å². The number of aromatic nitrogens is 4. The molecule has 7 heteroatoms. The van der Waals surface area contributed by atoms with Gasteiger partial charge in [-0.25, -0.2) is 0 Å². The van der Waals surface area contributed by atoms with Crippen LogP contribution < -0.4 is 10.6 Å². The van der Waals surface area contributed by atoms with Crippen molar-refractivity contribution in [2.75, 3.05) is 10.6 Å². The van der Waals surface area contributed by atoms with Crippen molar-refractivity contribution >= 4 is 23.3 Å². The average molecular weight is 296 g/mol. The molecule has 0 aliphatic rings. The lowest BCUT2D eigenvalue weighted by Gasteiger charge is -2.09. The molecule has 2 heterocycles. The van der Waals surface area contributed by atoms with Gasteiger partial charge < -0.3 is 15.2 Å². The fourth-order valence-electron chi connectivity index (χ4n) is 2.05. The third-order valence-electron chi connectivity index (χ3n) is 3.07. The lowest BCUT2D eigenvalue weighted by Crippen LogP contribution is -2.03. The summed E-state index contributed by atoms with van der Waals surface area (Å²) in [6.45, 7) is 5.92. The average Bonchev–Trinajstić information content (AvgIpc) is 2.88. The van der Waals surface area contributed by atoms with E-state index in [4.69, 9.17) is 4.52 Å². The SMILES string of the molecule is Cc1ccc(Nc2cnnc(Nc3cc(C)on3)n2)c(C)c1. The van der Waals surface area contributed by atoms with Crippen molar-refractivity contribution < 1.29 is 4.52 Å². The Bertz CT molecular complexity index is 798. The zero-order valence-corrected chi connectivity index (χ0v) is 12.6. The van der Waals surface area contributed by atoms with Crippen LogP contribution in [-0.2, 0) is 0 Å². The second-order valence-electron chi connectivity index (χ2n) is 5.06. The van der Waals surface area contributed by atoms with Crippen LogP contribution in [0.4, 0.5) is 23.3 Å². The molecule has 0 aliphatic heterocycles. The van der Waals surface area contributed by atoms with Gasteiger partial charge in [-0.3, -0.25) is 0 Å². The van der Waals surface area contributed by atoms with Crippen LogP contribution in [0.1, 0.15) is 16.9 Å². The summed E-state index contributed by atoms with van der Waals surface area (Å²) in [6.07, 6.45) is 1.57. The first-order valence-corrected chi connectivity index (χ1v) is 6.84. The number of hydrogen-bond donors (Lipinski definition) is 2. The van der Waals surface area contributed by atoms with Gasteiger partial charge in [0.2, 0.25) is 5.95 Å². The molecule has 2 N–H and O–H groups in total. The van der Waals surface area contributed by atoms with Gasteiger partial charge in [0, 0.05) is 11.8 Å². The summed E-state index contributed by atoms with van der Waals surface area (Å²) in [4.78, 5) is 4.36. The quantitative estimate of drug-likeness (QED) is 0.763. The summed E-state index contributed by atoms with van der Waals surface area (Å²) >= 11 is 0. The molecule has 0 radical (unpaired) electrons. The maximum absolute atomic E-state index is 4.99. The minimum Gasteiger partial charge on any atom is -0.360 e. The van der Waals surface area contributed by atoms with E-state index in [2.05, 4.69) is 44.0 Å². The van der Waals surface area contributed by atoms with E-state index in [0.29, 0.717) is 23.3 Å². The summed E-state index contributed by atoms with van der Waals surface area (Å²) in [7, 11) is 0. The molecule has 3 aromatic rings. The highest BCUT2D eigenvalue weighted by Crippen LogP contribution is 2.20. The van der Waals surface area contributed by atoms with Crippen molar-refractivity contribution in [2.45, 2.75) is 20.8 Å². The summed E-state index contributed by atoms with van der Waals surface area (Å²) in [5.74, 6) is 2.20. The minimum atomic E-state index is 0.350. The van der Waals surface area contributed by atoms with Crippen molar-refractivity contribution in [1.29, 1.82) is 0 Å². The fraction of sp³-hybridized carbons (Fsp3) is 0.200. The van der Waals surface area contributed by atoms with Crippen LogP contribution in [-0.4, -0.2) is 20.3 Å². The van der Waals surface area contributed by atoms with E-state index >= 15 is 0 Å². The molecule has 0 aliphatic carbocycles. The van der Waals surface area contributed by atoms with E-state index in [9.17, 15) is 0 Å². The molecule has 0 spiro atoms. The van der Waals surface area contributed by atoms with Crippen molar-refractivity contribution in [3.8, 4) is 0 Å². The molecule has 0 atom stereocenters. The van der Waals surface area contributed by atoms with Crippen LogP contribution in [0, 0.1) is 20.8 Å². The van der Waals surface area contributed by atoms with Gasteiger partial charge in [0.05, 0.1) is 6.20 Å². The van der Waals surface area contributed by atoms with Gasteiger partial charge in [-0.2, -0.15) is 10.1 Å². The second-order valence-corrected chi connectivity index (χ2v) is 5.06. The summed E-state index contributed by atoms with van der Waals surface area (Å²) in [5.41, 5.74) is 3.34. The van der Waals surface area contributed by atoms with Crippen molar-refractivity contribution in [2.24, 2.45) is 0 Å². The number of anilines is 4. The zero-order valence-electron chi connectivity index (χ0n) is 12.6. The van der Waals surface area contributed by atoms with Gasteiger partial charge in [-0.1, -0.05) is 22.9 Å². The largest absolute Gasteiger partial charge is 0.360 e. The number of hydrogen-bond acceptors (Lipinski definition) is 7. The molecule has 0 amide bonds. The molecule has 2 aromatic heterocycles. The predicted molar refractivity (Wildman–Crippen MR) is 83.5 cm³/mol. The molecular formula is C15H16N6O. The van der Waals surface area contributed by atoms with Crippen molar-refractivity contribution in [1.82, 2.24) is 20.3 Å². The van der Waals surface area contributed by atoms with Gasteiger partial charge in [0.1, 0.15) is 5.76 Å². The monoisotopic (exact) mass is 296 g/mol. The van der Waals surface area contributed by atoms with Gasteiger partial charge in [-0.15, -0.1) is 5.10 Å². The maximum Gasteiger partial charge on any atom is 0.250 e. The van der Waals surface area contributed by atoms with Crippen LogP contribution in [0.15, 0.2) is 35.0 Å². The maximum atomic E-state index is 4.99. The van der Waals surface area contributed by atoms with E-state index in [-0.39, 0.29) is 0 Å². The number of nitrogens with one attached hydrogen (secondary N) is 2. The van der Waals surface area contributed by atoms with Gasteiger partial charge in [0.25, 0.3) is 0 Å². The molecule has 3 rings (SSSR count). The Morgan fingerprint density at radius 1 is 1.00 bits per heavy atom. The van der Waals surface area contributed by atoms with E-state index in [0.717, 1.165) is 11.3 Å². The first kappa shape index (κ1) is 14.0. The number of rotatable bonds is 4. The highest BCUT2D eigenvalue weighted by molar-refractivity contribution is 5.61. The number of aryl methyl sites for hydroxylation is 3. The topological polar surface area (TPSA) is 88.8 Å². The smallest absolute Gasteiger partial charge is 0.250 e. The first-order chi connectivity index (χ1) is 10.6. The van der Waals surface area contributed by atoms with E-state index in [1.807, 2.05) is 26.0 Å². The Hall–Kier alpha value is -2.96. The normalized spacial score (nSPS) is 10.5. The highest BCUT2D eigenvalue weighted by Gasteiger charge is 2.06. The summed E-state index contributed by atoms with van der Waals surface area (Å²) < 4.78 is 4.99. The van der Waals surface area contributed by atoms with E-state index in [1.165, 1.54) is 5.56 Å².